The topological polar surface area (TPSA) is 46.3 Å². The number of hydrogen-bond acceptors (Lipinski definition) is 2. The molecule has 1 atom stereocenters. The molecule has 1 aromatic carbocycles. The molecule has 1 saturated heterocycles. The van der Waals surface area contributed by atoms with Gasteiger partial charge in [-0.25, -0.2) is 0 Å². The zero-order valence-corrected chi connectivity index (χ0v) is 12.5. The molecule has 3 nitrogen and oxygen atoms in total. The smallest absolute Gasteiger partial charge is 0.339 e. The summed E-state index contributed by atoms with van der Waals surface area (Å²) in [6.07, 6.45) is -1.03. The number of halogens is 4. The minimum Gasteiger partial charge on any atom is -0.339 e. The van der Waals surface area contributed by atoms with Crippen LogP contribution in [-0.4, -0.2) is 30.4 Å². The lowest BCUT2D eigenvalue weighted by molar-refractivity contribution is -0.137. The summed E-state index contributed by atoms with van der Waals surface area (Å²) < 4.78 is 38.0. The Morgan fingerprint density at radius 1 is 1.45 bits per heavy atom. The molecular formula is C15H16ClF3N2O. The molecule has 1 aromatic rings. The summed E-state index contributed by atoms with van der Waals surface area (Å²) in [5.41, 5.74) is 4.93. The van der Waals surface area contributed by atoms with Crippen molar-refractivity contribution in [3.8, 4) is 0 Å². The highest BCUT2D eigenvalue weighted by molar-refractivity contribution is 6.32. The fourth-order valence-electron chi connectivity index (χ4n) is 2.34. The summed E-state index contributed by atoms with van der Waals surface area (Å²) in [5, 5.41) is 0.165. The van der Waals surface area contributed by atoms with E-state index < -0.39 is 11.7 Å². The summed E-state index contributed by atoms with van der Waals surface area (Å²) in [6.45, 7) is 1.71. The third-order valence-corrected chi connectivity index (χ3v) is 4.00. The van der Waals surface area contributed by atoms with E-state index in [1.54, 1.807) is 4.90 Å². The van der Waals surface area contributed by atoms with Gasteiger partial charge >= 0.3 is 6.18 Å². The van der Waals surface area contributed by atoms with Gasteiger partial charge in [0.25, 0.3) is 0 Å². The molecule has 1 aliphatic rings. The van der Waals surface area contributed by atoms with Gasteiger partial charge in [0.15, 0.2) is 0 Å². The number of amides is 1. The second-order valence-corrected chi connectivity index (χ2v) is 5.65. The Morgan fingerprint density at radius 3 is 2.77 bits per heavy atom. The van der Waals surface area contributed by atoms with Crippen molar-refractivity contribution in [2.45, 2.75) is 12.6 Å². The first-order valence-electron chi connectivity index (χ1n) is 6.85. The standard InChI is InChI=1S/C15H16ClF3N2O/c16-13-3-2-12(15(17,18)19)7-11(13)1-4-14(22)21-6-5-10(8-20)9-21/h1-4,7,10H,5-6,8-9,20H2/b4-1+. The maximum Gasteiger partial charge on any atom is 0.416 e. The van der Waals surface area contributed by atoms with Gasteiger partial charge in [0.2, 0.25) is 5.91 Å². The highest BCUT2D eigenvalue weighted by Crippen LogP contribution is 2.32. The van der Waals surface area contributed by atoms with E-state index in [4.69, 9.17) is 17.3 Å². The van der Waals surface area contributed by atoms with Gasteiger partial charge in [-0.2, -0.15) is 13.2 Å². The predicted molar refractivity (Wildman–Crippen MR) is 79.2 cm³/mol. The van der Waals surface area contributed by atoms with Crippen LogP contribution in [0.25, 0.3) is 6.08 Å². The van der Waals surface area contributed by atoms with Crippen molar-refractivity contribution in [1.82, 2.24) is 4.90 Å². The van der Waals surface area contributed by atoms with Crippen molar-refractivity contribution >= 4 is 23.6 Å². The number of benzene rings is 1. The molecule has 0 bridgehead atoms. The highest BCUT2D eigenvalue weighted by atomic mass is 35.5. The van der Waals surface area contributed by atoms with Crippen LogP contribution in [0.3, 0.4) is 0 Å². The van der Waals surface area contributed by atoms with E-state index in [0.29, 0.717) is 19.6 Å². The highest BCUT2D eigenvalue weighted by Gasteiger charge is 2.30. The van der Waals surface area contributed by atoms with Gasteiger partial charge in [0, 0.05) is 24.2 Å². The second-order valence-electron chi connectivity index (χ2n) is 5.24. The van der Waals surface area contributed by atoms with Gasteiger partial charge in [-0.1, -0.05) is 11.6 Å². The van der Waals surface area contributed by atoms with E-state index in [2.05, 4.69) is 0 Å². The number of hydrogen-bond donors (Lipinski definition) is 1. The Bertz CT molecular complexity index is 587. The fraction of sp³-hybridized carbons (Fsp3) is 0.400. The van der Waals surface area contributed by atoms with Crippen LogP contribution in [0, 0.1) is 5.92 Å². The van der Waals surface area contributed by atoms with E-state index in [0.717, 1.165) is 18.6 Å². The maximum atomic E-state index is 12.7. The van der Waals surface area contributed by atoms with Crippen LogP contribution in [0.2, 0.25) is 5.02 Å². The van der Waals surface area contributed by atoms with E-state index in [-0.39, 0.29) is 22.4 Å². The third-order valence-electron chi connectivity index (χ3n) is 3.66. The first kappa shape index (κ1) is 16.8. The van der Waals surface area contributed by atoms with E-state index in [9.17, 15) is 18.0 Å². The van der Waals surface area contributed by atoms with Gasteiger partial charge in [-0.15, -0.1) is 0 Å². The maximum absolute atomic E-state index is 12.7. The molecule has 1 unspecified atom stereocenters. The first-order valence-corrected chi connectivity index (χ1v) is 7.23. The van der Waals surface area contributed by atoms with Crippen LogP contribution in [0.4, 0.5) is 13.2 Å². The fourth-order valence-corrected chi connectivity index (χ4v) is 2.52. The molecule has 1 fully saturated rings. The summed E-state index contributed by atoms with van der Waals surface area (Å²) in [4.78, 5) is 13.6. The van der Waals surface area contributed by atoms with Crippen molar-refractivity contribution < 1.29 is 18.0 Å². The average Bonchev–Trinajstić information content (AvgIpc) is 2.94. The summed E-state index contributed by atoms with van der Waals surface area (Å²) in [6, 6.07) is 3.02. The SMILES string of the molecule is NCC1CCN(C(=O)/C=C/c2cc(C(F)(F)F)ccc2Cl)C1. The van der Waals surface area contributed by atoms with Crippen LogP contribution in [0.15, 0.2) is 24.3 Å². The lowest BCUT2D eigenvalue weighted by Crippen LogP contribution is -2.28. The van der Waals surface area contributed by atoms with Crippen LogP contribution in [0.5, 0.6) is 0 Å². The quantitative estimate of drug-likeness (QED) is 0.864. The monoisotopic (exact) mass is 332 g/mol. The molecule has 1 aliphatic heterocycles. The summed E-state index contributed by atoms with van der Waals surface area (Å²) in [5.74, 6) is 0.0407. The number of nitrogens with zero attached hydrogens (tertiary/aromatic N) is 1. The number of alkyl halides is 3. The molecule has 2 N–H and O–H groups in total. The zero-order chi connectivity index (χ0) is 16.3. The molecule has 22 heavy (non-hydrogen) atoms. The molecule has 0 spiro atoms. The van der Waals surface area contributed by atoms with Crippen molar-refractivity contribution in [2.24, 2.45) is 11.7 Å². The molecule has 0 saturated carbocycles. The number of likely N-dealkylation sites (tertiary alicyclic amines) is 1. The number of carbonyl (C=O) groups is 1. The van der Waals surface area contributed by atoms with Crippen molar-refractivity contribution in [3.05, 3.63) is 40.4 Å². The Hall–Kier alpha value is -1.53. The van der Waals surface area contributed by atoms with Crippen LogP contribution in [-0.2, 0) is 11.0 Å². The van der Waals surface area contributed by atoms with E-state index in [1.807, 2.05) is 0 Å². The molecular weight excluding hydrogens is 317 g/mol. The number of carbonyl (C=O) groups excluding carboxylic acids is 1. The number of rotatable bonds is 3. The lowest BCUT2D eigenvalue weighted by Gasteiger charge is -2.13. The average molecular weight is 333 g/mol. The Labute approximate surface area is 131 Å². The Morgan fingerprint density at radius 2 is 2.18 bits per heavy atom. The molecule has 1 heterocycles. The second kappa shape index (κ2) is 6.71. The van der Waals surface area contributed by atoms with Crippen molar-refractivity contribution in [1.29, 1.82) is 0 Å². The van der Waals surface area contributed by atoms with Gasteiger partial charge in [0.1, 0.15) is 0 Å². The molecule has 0 aromatic heterocycles. The normalized spacial score (nSPS) is 19.1. The zero-order valence-electron chi connectivity index (χ0n) is 11.7. The molecule has 0 aliphatic carbocycles. The Kier molecular flexibility index (Phi) is 5.13. The molecule has 0 radical (unpaired) electrons. The Balaban J connectivity index is 2.11. The predicted octanol–water partition coefficient (Wildman–Crippen LogP) is 3.18. The minimum atomic E-state index is -4.44. The van der Waals surface area contributed by atoms with Crippen LogP contribution >= 0.6 is 11.6 Å². The largest absolute Gasteiger partial charge is 0.416 e. The van der Waals surface area contributed by atoms with Gasteiger partial charge in [-0.3, -0.25) is 4.79 Å². The van der Waals surface area contributed by atoms with Crippen LogP contribution in [0.1, 0.15) is 17.5 Å². The number of nitrogens with two attached hydrogens (primary N) is 1. The van der Waals surface area contributed by atoms with Gasteiger partial charge in [0.05, 0.1) is 5.56 Å². The van der Waals surface area contributed by atoms with Crippen LogP contribution < -0.4 is 5.73 Å². The molecule has 2 rings (SSSR count). The minimum absolute atomic E-state index is 0.165. The summed E-state index contributed by atoms with van der Waals surface area (Å²) >= 11 is 5.88. The van der Waals surface area contributed by atoms with Gasteiger partial charge < -0.3 is 10.6 Å². The summed E-state index contributed by atoms with van der Waals surface area (Å²) in [7, 11) is 0. The van der Waals surface area contributed by atoms with Gasteiger partial charge in [-0.05, 0) is 48.7 Å². The van der Waals surface area contributed by atoms with Crippen molar-refractivity contribution in [3.63, 3.8) is 0 Å². The molecule has 7 heteroatoms. The molecule has 120 valence electrons. The first-order chi connectivity index (χ1) is 10.3. The van der Waals surface area contributed by atoms with E-state index in [1.165, 1.54) is 18.2 Å². The molecule has 1 amide bonds. The third kappa shape index (κ3) is 4.01. The van der Waals surface area contributed by atoms with E-state index >= 15 is 0 Å². The van der Waals surface area contributed by atoms with Crippen molar-refractivity contribution in [2.75, 3.05) is 19.6 Å². The lowest BCUT2D eigenvalue weighted by atomic mass is 10.1.